The molecular weight excluding hydrogens is 252 g/mol. The van der Waals surface area contributed by atoms with Crippen molar-refractivity contribution >= 4 is 11.7 Å². The molecule has 1 aromatic rings. The van der Waals surface area contributed by atoms with Gasteiger partial charge in [0.2, 0.25) is 0 Å². The summed E-state index contributed by atoms with van der Waals surface area (Å²) in [7, 11) is 0. The van der Waals surface area contributed by atoms with Gasteiger partial charge in [-0.25, -0.2) is 4.79 Å². The summed E-state index contributed by atoms with van der Waals surface area (Å²) < 4.78 is 0. The highest BCUT2D eigenvalue weighted by atomic mass is 16.3. The molecule has 3 N–H and O–H groups in total. The molecule has 4 nitrogen and oxygen atoms in total. The molecule has 0 spiro atoms. The molecule has 0 aliphatic heterocycles. The largest absolute Gasteiger partial charge is 0.391 e. The van der Waals surface area contributed by atoms with Crippen LogP contribution in [0.4, 0.5) is 10.5 Å². The van der Waals surface area contributed by atoms with E-state index in [0.29, 0.717) is 0 Å². The summed E-state index contributed by atoms with van der Waals surface area (Å²) in [6.45, 7) is 4.17. The molecular formula is C16H24N2O2. The fraction of sp³-hybridized carbons (Fsp3) is 0.562. The predicted molar refractivity (Wildman–Crippen MR) is 81.0 cm³/mol. The van der Waals surface area contributed by atoms with Crippen molar-refractivity contribution in [3.63, 3.8) is 0 Å². The first-order valence-electron chi connectivity index (χ1n) is 7.45. The van der Waals surface area contributed by atoms with Gasteiger partial charge in [-0.15, -0.1) is 0 Å². The minimum absolute atomic E-state index is 0.125. The lowest BCUT2D eigenvalue weighted by atomic mass is 9.93. The minimum Gasteiger partial charge on any atom is -0.391 e. The molecule has 1 aromatic carbocycles. The molecule has 1 fully saturated rings. The zero-order chi connectivity index (χ0) is 14.5. The van der Waals surface area contributed by atoms with Gasteiger partial charge in [-0.2, -0.15) is 0 Å². The highest BCUT2D eigenvalue weighted by molar-refractivity contribution is 5.89. The predicted octanol–water partition coefficient (Wildman–Crippen LogP) is 2.98. The maximum atomic E-state index is 12.0. The van der Waals surface area contributed by atoms with Crippen molar-refractivity contribution in [1.82, 2.24) is 5.32 Å². The molecule has 0 heterocycles. The van der Waals surface area contributed by atoms with Gasteiger partial charge in [0.15, 0.2) is 0 Å². The van der Waals surface area contributed by atoms with Crippen LogP contribution < -0.4 is 10.6 Å². The lowest BCUT2D eigenvalue weighted by Gasteiger charge is -2.28. The zero-order valence-corrected chi connectivity index (χ0v) is 12.3. The first kappa shape index (κ1) is 14.9. The van der Waals surface area contributed by atoms with Crippen LogP contribution in [-0.2, 0) is 6.42 Å². The molecule has 1 aliphatic rings. The van der Waals surface area contributed by atoms with Crippen LogP contribution in [0.2, 0.25) is 0 Å². The molecule has 0 aromatic heterocycles. The number of benzene rings is 1. The lowest BCUT2D eigenvalue weighted by molar-refractivity contribution is 0.0955. The standard InChI is InChI=1S/C16H24N2O2/c1-3-12-10-13(9-8-11(12)2)17-16(20)18-14-6-4-5-7-15(14)19/h8-10,14-15,19H,3-7H2,1-2H3,(H2,17,18,20). The number of aliphatic hydroxyl groups excluding tert-OH is 1. The van der Waals surface area contributed by atoms with Gasteiger partial charge in [-0.05, 0) is 49.4 Å². The van der Waals surface area contributed by atoms with E-state index in [2.05, 4.69) is 24.5 Å². The van der Waals surface area contributed by atoms with Crippen molar-refractivity contribution in [2.24, 2.45) is 0 Å². The fourth-order valence-electron chi connectivity index (χ4n) is 2.75. The number of carbonyl (C=O) groups is 1. The maximum Gasteiger partial charge on any atom is 0.319 e. The van der Waals surface area contributed by atoms with Crippen LogP contribution in [0.5, 0.6) is 0 Å². The zero-order valence-electron chi connectivity index (χ0n) is 12.3. The second-order valence-electron chi connectivity index (χ2n) is 5.55. The first-order chi connectivity index (χ1) is 9.60. The van der Waals surface area contributed by atoms with Crippen LogP contribution in [-0.4, -0.2) is 23.3 Å². The quantitative estimate of drug-likeness (QED) is 0.794. The monoisotopic (exact) mass is 276 g/mol. The number of amides is 2. The fourth-order valence-corrected chi connectivity index (χ4v) is 2.75. The highest BCUT2D eigenvalue weighted by Crippen LogP contribution is 2.19. The number of urea groups is 1. The Hall–Kier alpha value is -1.55. The van der Waals surface area contributed by atoms with Gasteiger partial charge in [-0.3, -0.25) is 0 Å². The van der Waals surface area contributed by atoms with E-state index in [1.165, 1.54) is 11.1 Å². The summed E-state index contributed by atoms with van der Waals surface area (Å²) in [5, 5.41) is 15.6. The number of rotatable bonds is 3. The topological polar surface area (TPSA) is 61.4 Å². The molecule has 110 valence electrons. The van der Waals surface area contributed by atoms with Gasteiger partial charge in [0.1, 0.15) is 0 Å². The Kier molecular flexibility index (Phi) is 5.01. The average molecular weight is 276 g/mol. The van der Waals surface area contributed by atoms with Crippen LogP contribution in [0.25, 0.3) is 0 Å². The smallest absolute Gasteiger partial charge is 0.319 e. The Labute approximate surface area is 120 Å². The van der Waals surface area contributed by atoms with E-state index in [1.54, 1.807) is 0 Å². The second-order valence-corrected chi connectivity index (χ2v) is 5.55. The summed E-state index contributed by atoms with van der Waals surface area (Å²) in [5.74, 6) is 0. The van der Waals surface area contributed by atoms with Crippen molar-refractivity contribution in [3.05, 3.63) is 29.3 Å². The number of aliphatic hydroxyl groups is 1. The van der Waals surface area contributed by atoms with E-state index < -0.39 is 6.10 Å². The molecule has 20 heavy (non-hydrogen) atoms. The van der Waals surface area contributed by atoms with E-state index in [9.17, 15) is 9.90 Å². The Bertz CT molecular complexity index is 474. The van der Waals surface area contributed by atoms with E-state index in [-0.39, 0.29) is 12.1 Å². The van der Waals surface area contributed by atoms with Gasteiger partial charge in [0.25, 0.3) is 0 Å². The summed E-state index contributed by atoms with van der Waals surface area (Å²) in [5.41, 5.74) is 3.27. The number of anilines is 1. The Morgan fingerprint density at radius 2 is 2.10 bits per heavy atom. The summed E-state index contributed by atoms with van der Waals surface area (Å²) in [4.78, 5) is 12.0. The van der Waals surface area contributed by atoms with Gasteiger partial charge >= 0.3 is 6.03 Å². The van der Waals surface area contributed by atoms with Crippen molar-refractivity contribution in [3.8, 4) is 0 Å². The molecule has 2 atom stereocenters. The van der Waals surface area contributed by atoms with Crippen LogP contribution in [0.1, 0.15) is 43.7 Å². The summed E-state index contributed by atoms with van der Waals surface area (Å²) in [6, 6.07) is 5.57. The van der Waals surface area contributed by atoms with E-state index in [1.807, 2.05) is 18.2 Å². The van der Waals surface area contributed by atoms with Gasteiger partial charge in [-0.1, -0.05) is 25.8 Å². The van der Waals surface area contributed by atoms with Gasteiger partial charge in [0.05, 0.1) is 12.1 Å². The van der Waals surface area contributed by atoms with Crippen LogP contribution >= 0.6 is 0 Å². The lowest BCUT2D eigenvalue weighted by Crippen LogP contribution is -2.46. The van der Waals surface area contributed by atoms with Crippen LogP contribution in [0.15, 0.2) is 18.2 Å². The van der Waals surface area contributed by atoms with E-state index in [4.69, 9.17) is 0 Å². The number of hydrogen-bond acceptors (Lipinski definition) is 2. The maximum absolute atomic E-state index is 12.0. The molecule has 1 aliphatic carbocycles. The third-order valence-corrected chi connectivity index (χ3v) is 4.03. The molecule has 1 saturated carbocycles. The number of nitrogens with one attached hydrogen (secondary N) is 2. The van der Waals surface area contributed by atoms with Crippen molar-refractivity contribution in [2.75, 3.05) is 5.32 Å². The van der Waals surface area contributed by atoms with E-state index >= 15 is 0 Å². The average Bonchev–Trinajstić information content (AvgIpc) is 2.43. The number of carbonyl (C=O) groups excluding carboxylic acids is 1. The third-order valence-electron chi connectivity index (χ3n) is 4.03. The Morgan fingerprint density at radius 3 is 2.80 bits per heavy atom. The Morgan fingerprint density at radius 1 is 1.35 bits per heavy atom. The molecule has 2 amide bonds. The molecule has 4 heteroatoms. The molecule has 0 bridgehead atoms. The van der Waals surface area contributed by atoms with Gasteiger partial charge in [0, 0.05) is 5.69 Å². The number of hydrogen-bond donors (Lipinski definition) is 3. The van der Waals surface area contributed by atoms with Crippen molar-refractivity contribution in [2.45, 2.75) is 58.1 Å². The third kappa shape index (κ3) is 3.73. The van der Waals surface area contributed by atoms with Crippen LogP contribution in [0, 0.1) is 6.92 Å². The second kappa shape index (κ2) is 6.75. The summed E-state index contributed by atoms with van der Waals surface area (Å²) in [6.07, 6.45) is 4.26. The summed E-state index contributed by atoms with van der Waals surface area (Å²) >= 11 is 0. The molecule has 0 radical (unpaired) electrons. The molecule has 2 unspecified atom stereocenters. The normalized spacial score (nSPS) is 22.4. The van der Waals surface area contributed by atoms with Crippen molar-refractivity contribution < 1.29 is 9.90 Å². The SMILES string of the molecule is CCc1cc(NC(=O)NC2CCCCC2O)ccc1C. The van der Waals surface area contributed by atoms with Crippen molar-refractivity contribution in [1.29, 1.82) is 0 Å². The molecule has 0 saturated heterocycles. The van der Waals surface area contributed by atoms with Crippen LogP contribution in [0.3, 0.4) is 0 Å². The minimum atomic E-state index is -0.418. The molecule has 2 rings (SSSR count). The Balaban J connectivity index is 1.94. The first-order valence-corrected chi connectivity index (χ1v) is 7.45. The highest BCUT2D eigenvalue weighted by Gasteiger charge is 2.24. The number of aryl methyl sites for hydroxylation is 2. The van der Waals surface area contributed by atoms with Gasteiger partial charge < -0.3 is 15.7 Å². The van der Waals surface area contributed by atoms with E-state index in [0.717, 1.165) is 37.8 Å².